The Morgan fingerprint density at radius 2 is 2.05 bits per heavy atom. The quantitative estimate of drug-likeness (QED) is 0.615. The maximum Gasteiger partial charge on any atom is 0.107 e. The largest absolute Gasteiger partial charge is 0.309 e. The summed E-state index contributed by atoms with van der Waals surface area (Å²) in [7, 11) is 0. The monoisotopic (exact) mass is 363 g/mol. The molecule has 2 rings (SSSR count). The summed E-state index contributed by atoms with van der Waals surface area (Å²) in [5.74, 6) is 0.774. The van der Waals surface area contributed by atoms with E-state index in [1.165, 1.54) is 49.8 Å². The molecule has 4 heteroatoms. The molecule has 19 heavy (non-hydrogen) atoms. The summed E-state index contributed by atoms with van der Waals surface area (Å²) in [4.78, 5) is 1.40. The number of nitrogens with one attached hydrogen (secondary N) is 1. The van der Waals surface area contributed by atoms with Crippen LogP contribution in [0.2, 0.25) is 4.34 Å². The van der Waals surface area contributed by atoms with Gasteiger partial charge in [-0.1, -0.05) is 44.2 Å². The number of halogens is 2. The van der Waals surface area contributed by atoms with Crippen molar-refractivity contribution in [2.75, 3.05) is 6.54 Å². The van der Waals surface area contributed by atoms with Gasteiger partial charge in [-0.2, -0.15) is 0 Å². The molecule has 0 aromatic carbocycles. The second-order valence-corrected chi connectivity index (χ2v) is 7.99. The summed E-state index contributed by atoms with van der Waals surface area (Å²) in [6.45, 7) is 3.32. The lowest BCUT2D eigenvalue weighted by Gasteiger charge is -2.26. The van der Waals surface area contributed by atoms with Gasteiger partial charge in [-0.15, -0.1) is 11.3 Å². The highest BCUT2D eigenvalue weighted by Crippen LogP contribution is 2.40. The first-order chi connectivity index (χ1) is 9.22. The Bertz CT molecular complexity index is 366. The Balaban J connectivity index is 2.13. The summed E-state index contributed by atoms with van der Waals surface area (Å²) in [6, 6.07) is 2.71. The van der Waals surface area contributed by atoms with E-state index in [9.17, 15) is 0 Å². The Morgan fingerprint density at radius 3 is 2.58 bits per heavy atom. The van der Waals surface area contributed by atoms with E-state index in [2.05, 4.69) is 34.2 Å². The van der Waals surface area contributed by atoms with E-state index in [0.717, 1.165) is 21.3 Å². The fourth-order valence-electron chi connectivity index (χ4n) is 2.96. The first-order valence-corrected chi connectivity index (χ1v) is 9.39. The minimum atomic E-state index is 0.492. The lowest BCUT2D eigenvalue weighted by molar-refractivity contribution is 0.330. The van der Waals surface area contributed by atoms with Crippen molar-refractivity contribution in [3.63, 3.8) is 0 Å². The normalized spacial score (nSPS) is 19.3. The van der Waals surface area contributed by atoms with E-state index >= 15 is 0 Å². The highest BCUT2D eigenvalue weighted by Gasteiger charge is 2.25. The summed E-state index contributed by atoms with van der Waals surface area (Å²) < 4.78 is 1.93. The average molecular weight is 365 g/mol. The third-order valence-corrected chi connectivity index (χ3v) is 6.51. The molecule has 1 fully saturated rings. The van der Waals surface area contributed by atoms with Gasteiger partial charge in [0.15, 0.2) is 0 Å². The van der Waals surface area contributed by atoms with Crippen LogP contribution in [0.4, 0.5) is 0 Å². The zero-order valence-corrected chi connectivity index (χ0v) is 14.7. The predicted molar refractivity (Wildman–Crippen MR) is 89.3 cm³/mol. The van der Waals surface area contributed by atoms with E-state index < -0.39 is 0 Å². The minimum Gasteiger partial charge on any atom is -0.309 e. The Hall–Kier alpha value is 0.430. The Morgan fingerprint density at radius 1 is 1.37 bits per heavy atom. The van der Waals surface area contributed by atoms with Crippen LogP contribution >= 0.6 is 38.9 Å². The number of rotatable bonds is 5. The minimum absolute atomic E-state index is 0.492. The molecule has 0 radical (unpaired) electrons. The van der Waals surface area contributed by atoms with Crippen molar-refractivity contribution in [1.29, 1.82) is 0 Å². The topological polar surface area (TPSA) is 12.0 Å². The molecule has 1 aromatic heterocycles. The van der Waals surface area contributed by atoms with Gasteiger partial charge in [0.2, 0.25) is 0 Å². The molecule has 0 saturated heterocycles. The lowest BCUT2D eigenvalue weighted by Crippen LogP contribution is -2.28. The molecule has 1 aliphatic rings. The molecular formula is C15H23BrClNS. The molecular weight excluding hydrogens is 342 g/mol. The van der Waals surface area contributed by atoms with E-state index in [-0.39, 0.29) is 0 Å². The van der Waals surface area contributed by atoms with E-state index in [1.54, 1.807) is 11.3 Å². The van der Waals surface area contributed by atoms with Gasteiger partial charge in [-0.05, 0) is 53.7 Å². The van der Waals surface area contributed by atoms with Crippen LogP contribution in [0.3, 0.4) is 0 Å². The van der Waals surface area contributed by atoms with E-state index in [4.69, 9.17) is 11.6 Å². The molecule has 1 aliphatic carbocycles. The summed E-state index contributed by atoms with van der Waals surface area (Å²) in [5, 5.41) is 3.75. The fourth-order valence-corrected chi connectivity index (χ4v) is 4.87. The molecule has 0 amide bonds. The van der Waals surface area contributed by atoms with Crippen molar-refractivity contribution in [2.45, 2.75) is 57.9 Å². The standard InChI is InChI=1S/C15H23BrClNS/c1-2-9-18-14(11-7-5-3-4-6-8-11)13-10-12(16)15(17)19-13/h10-11,14,18H,2-9H2,1H3. The van der Waals surface area contributed by atoms with Gasteiger partial charge in [0.05, 0.1) is 0 Å². The van der Waals surface area contributed by atoms with Crippen molar-refractivity contribution in [2.24, 2.45) is 5.92 Å². The van der Waals surface area contributed by atoms with Gasteiger partial charge in [-0.25, -0.2) is 0 Å². The maximum absolute atomic E-state index is 6.22. The molecule has 0 spiro atoms. The molecule has 0 aliphatic heterocycles. The Labute approximate surface area is 134 Å². The molecule has 1 saturated carbocycles. The maximum atomic E-state index is 6.22. The van der Waals surface area contributed by atoms with E-state index in [1.807, 2.05) is 0 Å². The molecule has 1 heterocycles. The third kappa shape index (κ3) is 4.45. The van der Waals surface area contributed by atoms with Crippen LogP contribution in [0.1, 0.15) is 62.8 Å². The smallest absolute Gasteiger partial charge is 0.107 e. The zero-order chi connectivity index (χ0) is 13.7. The van der Waals surface area contributed by atoms with Crippen LogP contribution in [0.25, 0.3) is 0 Å². The molecule has 0 bridgehead atoms. The van der Waals surface area contributed by atoms with Crippen molar-refractivity contribution in [1.82, 2.24) is 5.32 Å². The number of hydrogen-bond donors (Lipinski definition) is 1. The van der Waals surface area contributed by atoms with Crippen LogP contribution < -0.4 is 5.32 Å². The highest BCUT2D eigenvalue weighted by atomic mass is 79.9. The molecule has 1 unspecified atom stereocenters. The molecule has 1 atom stereocenters. The van der Waals surface area contributed by atoms with Crippen molar-refractivity contribution >= 4 is 38.9 Å². The lowest BCUT2D eigenvalue weighted by atomic mass is 9.90. The first-order valence-electron chi connectivity index (χ1n) is 7.40. The average Bonchev–Trinajstić information content (AvgIpc) is 2.61. The first kappa shape index (κ1) is 15.8. The van der Waals surface area contributed by atoms with Crippen molar-refractivity contribution in [3.05, 3.63) is 19.8 Å². The Kier molecular flexibility index (Phi) is 6.67. The van der Waals surface area contributed by atoms with Crippen LogP contribution in [-0.4, -0.2) is 6.54 Å². The fraction of sp³-hybridized carbons (Fsp3) is 0.733. The second kappa shape index (κ2) is 8.02. The SMILES string of the molecule is CCCNC(c1cc(Br)c(Cl)s1)C1CCCCCC1. The third-order valence-electron chi connectivity index (χ3n) is 3.96. The van der Waals surface area contributed by atoms with Crippen LogP contribution in [0.5, 0.6) is 0 Å². The van der Waals surface area contributed by atoms with E-state index in [0.29, 0.717) is 6.04 Å². The van der Waals surface area contributed by atoms with Gasteiger partial charge in [0, 0.05) is 15.4 Å². The van der Waals surface area contributed by atoms with Gasteiger partial charge in [0.1, 0.15) is 4.34 Å². The van der Waals surface area contributed by atoms with Crippen LogP contribution in [0, 0.1) is 5.92 Å². The van der Waals surface area contributed by atoms with Crippen molar-refractivity contribution < 1.29 is 0 Å². The van der Waals surface area contributed by atoms with Gasteiger partial charge in [-0.3, -0.25) is 0 Å². The van der Waals surface area contributed by atoms with Crippen LogP contribution in [0.15, 0.2) is 10.5 Å². The van der Waals surface area contributed by atoms with Crippen LogP contribution in [-0.2, 0) is 0 Å². The second-order valence-electron chi connectivity index (χ2n) is 5.45. The number of thiophene rings is 1. The van der Waals surface area contributed by atoms with Gasteiger partial charge < -0.3 is 5.32 Å². The molecule has 1 N–H and O–H groups in total. The predicted octanol–water partition coefficient (Wildman–Crippen LogP) is 6.18. The molecule has 1 nitrogen and oxygen atoms in total. The highest BCUT2D eigenvalue weighted by molar-refractivity contribution is 9.10. The molecule has 1 aromatic rings. The summed E-state index contributed by atoms with van der Waals surface area (Å²) in [5.41, 5.74) is 0. The number of hydrogen-bond acceptors (Lipinski definition) is 2. The zero-order valence-electron chi connectivity index (χ0n) is 11.6. The van der Waals surface area contributed by atoms with Crippen molar-refractivity contribution in [3.8, 4) is 0 Å². The van der Waals surface area contributed by atoms with Gasteiger partial charge in [0.25, 0.3) is 0 Å². The summed E-state index contributed by atoms with van der Waals surface area (Å²) in [6.07, 6.45) is 9.48. The van der Waals surface area contributed by atoms with Gasteiger partial charge >= 0.3 is 0 Å². The summed E-state index contributed by atoms with van der Waals surface area (Å²) >= 11 is 11.5. The molecule has 108 valence electrons.